The molecule has 30 heavy (non-hydrogen) atoms. The molecule has 0 aliphatic rings. The predicted octanol–water partition coefficient (Wildman–Crippen LogP) is 4.16. The number of hydrogen-bond donors (Lipinski definition) is 1. The molecular formula is C23H26N2O4S. The Kier molecular flexibility index (Phi) is 6.62. The third-order valence-corrected chi connectivity index (χ3v) is 6.75. The number of nitrogens with zero attached hydrogens (tertiary/aromatic N) is 1. The fraction of sp³-hybridized carbons (Fsp3) is 0.261. The van der Waals surface area contributed by atoms with Crippen LogP contribution >= 0.6 is 0 Å². The zero-order valence-electron chi connectivity index (χ0n) is 17.3. The van der Waals surface area contributed by atoms with Gasteiger partial charge in [0, 0.05) is 25.1 Å². The number of amides is 1. The standard InChI is InChI=1S/C23H26N2O4S/c1-17-6-14-22(15-7-17)30(27,28)25(3)20-11-9-19(10-12-20)23(26)24-18(2)8-13-21-5-4-16-29-21/h4-7,9-12,14-16,18H,8,13H2,1-3H3,(H,24,26)/t18-/m0/s1. The van der Waals surface area contributed by atoms with Gasteiger partial charge in [0.2, 0.25) is 0 Å². The first-order chi connectivity index (χ1) is 14.3. The maximum atomic E-state index is 12.8. The molecular weight excluding hydrogens is 400 g/mol. The highest BCUT2D eigenvalue weighted by Crippen LogP contribution is 2.22. The number of carbonyl (C=O) groups excluding carboxylic acids is 1. The predicted molar refractivity (Wildman–Crippen MR) is 117 cm³/mol. The van der Waals surface area contributed by atoms with E-state index in [1.807, 2.05) is 26.0 Å². The van der Waals surface area contributed by atoms with Crippen LogP contribution in [0.2, 0.25) is 0 Å². The average Bonchev–Trinajstić information content (AvgIpc) is 3.26. The van der Waals surface area contributed by atoms with Crippen molar-refractivity contribution in [3.63, 3.8) is 0 Å². The second kappa shape index (κ2) is 9.17. The van der Waals surface area contributed by atoms with Crippen molar-refractivity contribution in [2.45, 2.75) is 37.6 Å². The molecule has 3 aromatic rings. The van der Waals surface area contributed by atoms with E-state index in [1.165, 1.54) is 11.4 Å². The Morgan fingerprint density at radius 2 is 1.73 bits per heavy atom. The Morgan fingerprint density at radius 1 is 1.07 bits per heavy atom. The van der Waals surface area contributed by atoms with Crippen LogP contribution in [0.5, 0.6) is 0 Å². The van der Waals surface area contributed by atoms with Crippen LogP contribution in [0.4, 0.5) is 5.69 Å². The average molecular weight is 427 g/mol. The SMILES string of the molecule is Cc1ccc(S(=O)(=O)N(C)c2ccc(C(=O)N[C@@H](C)CCc3ccco3)cc2)cc1. The molecule has 0 saturated heterocycles. The van der Waals surface area contributed by atoms with Gasteiger partial charge in [0.05, 0.1) is 16.8 Å². The lowest BCUT2D eigenvalue weighted by molar-refractivity contribution is 0.0938. The minimum atomic E-state index is -3.67. The van der Waals surface area contributed by atoms with Gasteiger partial charge in [-0.05, 0) is 68.8 Å². The van der Waals surface area contributed by atoms with E-state index >= 15 is 0 Å². The largest absolute Gasteiger partial charge is 0.469 e. The summed E-state index contributed by atoms with van der Waals surface area (Å²) < 4.78 is 32.2. The zero-order valence-corrected chi connectivity index (χ0v) is 18.1. The second-order valence-electron chi connectivity index (χ2n) is 7.33. The van der Waals surface area contributed by atoms with Crippen molar-refractivity contribution >= 4 is 21.6 Å². The van der Waals surface area contributed by atoms with E-state index in [4.69, 9.17) is 4.42 Å². The van der Waals surface area contributed by atoms with Gasteiger partial charge in [-0.3, -0.25) is 9.10 Å². The summed E-state index contributed by atoms with van der Waals surface area (Å²) in [6.45, 7) is 3.85. The van der Waals surface area contributed by atoms with Gasteiger partial charge < -0.3 is 9.73 Å². The first-order valence-corrected chi connectivity index (χ1v) is 11.2. The first kappa shape index (κ1) is 21.6. The summed E-state index contributed by atoms with van der Waals surface area (Å²) in [5.41, 5.74) is 1.95. The fourth-order valence-corrected chi connectivity index (χ4v) is 4.22. The molecule has 3 rings (SSSR count). The molecule has 1 aromatic heterocycles. The number of carbonyl (C=O) groups is 1. The number of furan rings is 1. The number of hydrogen-bond acceptors (Lipinski definition) is 4. The van der Waals surface area contributed by atoms with Crippen molar-refractivity contribution in [1.82, 2.24) is 5.32 Å². The van der Waals surface area contributed by atoms with E-state index in [1.54, 1.807) is 54.8 Å². The van der Waals surface area contributed by atoms with Crippen molar-refractivity contribution in [3.8, 4) is 0 Å². The number of rotatable bonds is 8. The summed E-state index contributed by atoms with van der Waals surface area (Å²) >= 11 is 0. The Bertz CT molecular complexity index is 1070. The van der Waals surface area contributed by atoms with E-state index in [0.717, 1.165) is 24.2 Å². The van der Waals surface area contributed by atoms with Gasteiger partial charge >= 0.3 is 0 Å². The van der Waals surface area contributed by atoms with Gasteiger partial charge in [0.1, 0.15) is 5.76 Å². The molecule has 0 radical (unpaired) electrons. The van der Waals surface area contributed by atoms with E-state index < -0.39 is 10.0 Å². The number of benzene rings is 2. The summed E-state index contributed by atoms with van der Waals surface area (Å²) in [7, 11) is -2.16. The molecule has 1 N–H and O–H groups in total. The van der Waals surface area contributed by atoms with Crippen LogP contribution < -0.4 is 9.62 Å². The molecule has 0 aliphatic carbocycles. The minimum Gasteiger partial charge on any atom is -0.469 e. The number of sulfonamides is 1. The highest BCUT2D eigenvalue weighted by Gasteiger charge is 2.21. The Morgan fingerprint density at radius 3 is 2.33 bits per heavy atom. The molecule has 1 heterocycles. The number of aryl methyl sites for hydroxylation is 2. The fourth-order valence-electron chi connectivity index (χ4n) is 3.02. The molecule has 2 aromatic carbocycles. The summed E-state index contributed by atoms with van der Waals surface area (Å²) in [4.78, 5) is 12.7. The normalized spacial score (nSPS) is 12.4. The van der Waals surface area contributed by atoms with Crippen LogP contribution in [0.1, 0.15) is 35.0 Å². The van der Waals surface area contributed by atoms with Gasteiger partial charge in [0.15, 0.2) is 0 Å². The molecule has 0 fully saturated rings. The lowest BCUT2D eigenvalue weighted by atomic mass is 10.1. The van der Waals surface area contributed by atoms with Gasteiger partial charge in [-0.2, -0.15) is 0 Å². The highest BCUT2D eigenvalue weighted by molar-refractivity contribution is 7.92. The first-order valence-electron chi connectivity index (χ1n) is 9.76. The van der Waals surface area contributed by atoms with Crippen molar-refractivity contribution in [2.75, 3.05) is 11.4 Å². The van der Waals surface area contributed by atoms with Crippen molar-refractivity contribution in [1.29, 1.82) is 0 Å². The van der Waals surface area contributed by atoms with Gasteiger partial charge in [0.25, 0.3) is 15.9 Å². The summed E-state index contributed by atoms with van der Waals surface area (Å²) in [6, 6.07) is 17.0. The molecule has 7 heteroatoms. The maximum Gasteiger partial charge on any atom is 0.264 e. The topological polar surface area (TPSA) is 79.6 Å². The molecule has 1 atom stereocenters. The summed E-state index contributed by atoms with van der Waals surface area (Å²) in [6.07, 6.45) is 3.14. The number of nitrogens with one attached hydrogen (secondary N) is 1. The smallest absolute Gasteiger partial charge is 0.264 e. The van der Waals surface area contributed by atoms with Gasteiger partial charge in [-0.25, -0.2) is 8.42 Å². The van der Waals surface area contributed by atoms with E-state index in [2.05, 4.69) is 5.32 Å². The summed E-state index contributed by atoms with van der Waals surface area (Å²) in [5, 5.41) is 2.96. The van der Waals surface area contributed by atoms with Crippen LogP contribution in [-0.2, 0) is 16.4 Å². The minimum absolute atomic E-state index is 0.0214. The van der Waals surface area contributed by atoms with Crippen LogP contribution in [0, 0.1) is 6.92 Å². The zero-order chi connectivity index (χ0) is 21.7. The van der Waals surface area contributed by atoms with Crippen LogP contribution in [0.15, 0.2) is 76.2 Å². The molecule has 1 amide bonds. The molecule has 0 saturated carbocycles. The van der Waals surface area contributed by atoms with Crippen LogP contribution in [0.3, 0.4) is 0 Å². The summed E-state index contributed by atoms with van der Waals surface area (Å²) in [5.74, 6) is 0.691. The maximum absolute atomic E-state index is 12.8. The third-order valence-electron chi connectivity index (χ3n) is 4.95. The van der Waals surface area contributed by atoms with Gasteiger partial charge in [-0.15, -0.1) is 0 Å². The van der Waals surface area contributed by atoms with Crippen LogP contribution in [-0.4, -0.2) is 27.4 Å². The monoisotopic (exact) mass is 426 g/mol. The molecule has 0 unspecified atom stereocenters. The van der Waals surface area contributed by atoms with Crippen molar-refractivity contribution in [2.24, 2.45) is 0 Å². The van der Waals surface area contributed by atoms with E-state index in [9.17, 15) is 13.2 Å². The van der Waals surface area contributed by atoms with Gasteiger partial charge in [-0.1, -0.05) is 17.7 Å². The highest BCUT2D eigenvalue weighted by atomic mass is 32.2. The van der Waals surface area contributed by atoms with Crippen molar-refractivity contribution in [3.05, 3.63) is 83.8 Å². The van der Waals surface area contributed by atoms with E-state index in [0.29, 0.717) is 11.3 Å². The Labute approximate surface area is 177 Å². The van der Waals surface area contributed by atoms with E-state index in [-0.39, 0.29) is 16.8 Å². The number of anilines is 1. The lowest BCUT2D eigenvalue weighted by Gasteiger charge is -2.20. The lowest BCUT2D eigenvalue weighted by Crippen LogP contribution is -2.33. The molecule has 6 nitrogen and oxygen atoms in total. The van der Waals surface area contributed by atoms with Crippen LogP contribution in [0.25, 0.3) is 0 Å². The molecule has 0 spiro atoms. The molecule has 0 aliphatic heterocycles. The second-order valence-corrected chi connectivity index (χ2v) is 9.29. The third kappa shape index (κ3) is 5.10. The Hall–Kier alpha value is -3.06. The quantitative estimate of drug-likeness (QED) is 0.586. The molecule has 158 valence electrons. The molecule has 0 bridgehead atoms. The van der Waals surface area contributed by atoms with Crippen molar-refractivity contribution < 1.29 is 17.6 Å². The Balaban J connectivity index is 1.63.